The number of ketones is 1. The standard InChI is InChI=1S/C11H18O3/c1-5-14-10(13)8-6-9(12)7(2)11(8,3)4/h7-8H,5-6H2,1-4H3/t7-,8+/m1/s1. The van der Waals surface area contributed by atoms with Crippen LogP contribution in [-0.2, 0) is 14.3 Å². The second-order valence-electron chi connectivity index (χ2n) is 4.52. The normalized spacial score (nSPS) is 30.4. The van der Waals surface area contributed by atoms with Gasteiger partial charge in [0.05, 0.1) is 12.5 Å². The van der Waals surface area contributed by atoms with Gasteiger partial charge in [0.25, 0.3) is 0 Å². The van der Waals surface area contributed by atoms with E-state index >= 15 is 0 Å². The zero-order chi connectivity index (χ0) is 10.9. The highest BCUT2D eigenvalue weighted by molar-refractivity contribution is 5.91. The Bertz CT molecular complexity index is 255. The first kappa shape index (κ1) is 11.2. The summed E-state index contributed by atoms with van der Waals surface area (Å²) in [4.78, 5) is 23.1. The molecule has 0 heterocycles. The lowest BCUT2D eigenvalue weighted by atomic mass is 9.76. The molecule has 0 aromatic carbocycles. The van der Waals surface area contributed by atoms with Crippen LogP contribution in [0.2, 0.25) is 0 Å². The Hall–Kier alpha value is -0.860. The summed E-state index contributed by atoms with van der Waals surface area (Å²) in [5.74, 6) is -0.356. The van der Waals surface area contributed by atoms with E-state index in [0.29, 0.717) is 13.0 Å². The lowest BCUT2D eigenvalue weighted by Gasteiger charge is -2.28. The molecule has 1 fully saturated rings. The zero-order valence-electron chi connectivity index (χ0n) is 9.29. The van der Waals surface area contributed by atoms with E-state index in [1.807, 2.05) is 20.8 Å². The second kappa shape index (κ2) is 3.71. The fraction of sp³-hybridized carbons (Fsp3) is 0.818. The van der Waals surface area contributed by atoms with Crippen LogP contribution in [0.3, 0.4) is 0 Å². The molecule has 0 saturated heterocycles. The van der Waals surface area contributed by atoms with Crippen LogP contribution in [0.4, 0.5) is 0 Å². The number of ether oxygens (including phenoxy) is 1. The van der Waals surface area contributed by atoms with Crippen molar-refractivity contribution in [2.24, 2.45) is 17.3 Å². The average molecular weight is 198 g/mol. The van der Waals surface area contributed by atoms with Crippen LogP contribution in [0.5, 0.6) is 0 Å². The van der Waals surface area contributed by atoms with Gasteiger partial charge in [-0.25, -0.2) is 0 Å². The van der Waals surface area contributed by atoms with Crippen LogP contribution in [-0.4, -0.2) is 18.4 Å². The first-order valence-electron chi connectivity index (χ1n) is 5.10. The van der Waals surface area contributed by atoms with E-state index in [1.54, 1.807) is 6.92 Å². The zero-order valence-corrected chi connectivity index (χ0v) is 9.29. The molecule has 1 aliphatic carbocycles. The summed E-state index contributed by atoms with van der Waals surface area (Å²) in [6.45, 7) is 7.98. The van der Waals surface area contributed by atoms with Gasteiger partial charge in [-0.05, 0) is 12.3 Å². The molecule has 0 amide bonds. The first-order chi connectivity index (χ1) is 6.41. The number of esters is 1. The summed E-state index contributed by atoms with van der Waals surface area (Å²) in [5.41, 5.74) is -0.261. The Kier molecular flexibility index (Phi) is 2.98. The van der Waals surface area contributed by atoms with Crippen molar-refractivity contribution in [2.75, 3.05) is 6.61 Å². The minimum atomic E-state index is -0.261. The lowest BCUT2D eigenvalue weighted by Crippen LogP contribution is -2.31. The number of carbonyl (C=O) groups is 2. The highest BCUT2D eigenvalue weighted by Gasteiger charge is 2.50. The van der Waals surface area contributed by atoms with Gasteiger partial charge in [-0.2, -0.15) is 0 Å². The summed E-state index contributed by atoms with van der Waals surface area (Å²) < 4.78 is 4.97. The molecule has 0 radical (unpaired) electrons. The molecule has 80 valence electrons. The predicted molar refractivity (Wildman–Crippen MR) is 52.7 cm³/mol. The molecular weight excluding hydrogens is 180 g/mol. The quantitative estimate of drug-likeness (QED) is 0.635. The number of rotatable bonds is 2. The maximum Gasteiger partial charge on any atom is 0.309 e. The first-order valence-corrected chi connectivity index (χ1v) is 5.10. The monoisotopic (exact) mass is 198 g/mol. The molecule has 1 saturated carbocycles. The summed E-state index contributed by atoms with van der Waals surface area (Å²) >= 11 is 0. The van der Waals surface area contributed by atoms with Crippen molar-refractivity contribution in [2.45, 2.75) is 34.1 Å². The Morgan fingerprint density at radius 2 is 2.14 bits per heavy atom. The summed E-state index contributed by atoms with van der Waals surface area (Å²) in [6, 6.07) is 0. The number of hydrogen-bond acceptors (Lipinski definition) is 3. The van der Waals surface area contributed by atoms with Crippen LogP contribution in [0.1, 0.15) is 34.1 Å². The molecule has 0 aromatic heterocycles. The molecule has 3 nitrogen and oxygen atoms in total. The van der Waals surface area contributed by atoms with Crippen molar-refractivity contribution in [3.8, 4) is 0 Å². The largest absolute Gasteiger partial charge is 0.466 e. The molecule has 0 aliphatic heterocycles. The van der Waals surface area contributed by atoms with Crippen molar-refractivity contribution < 1.29 is 14.3 Å². The third-order valence-corrected chi connectivity index (χ3v) is 3.47. The number of Topliss-reactive ketones (excluding diaryl/α,β-unsaturated/α-hetero) is 1. The van der Waals surface area contributed by atoms with E-state index in [2.05, 4.69) is 0 Å². The molecule has 14 heavy (non-hydrogen) atoms. The van der Waals surface area contributed by atoms with Crippen LogP contribution in [0.15, 0.2) is 0 Å². The third-order valence-electron chi connectivity index (χ3n) is 3.47. The highest BCUT2D eigenvalue weighted by Crippen LogP contribution is 2.45. The average Bonchev–Trinajstić information content (AvgIpc) is 2.30. The summed E-state index contributed by atoms with van der Waals surface area (Å²) in [7, 11) is 0. The maximum absolute atomic E-state index is 11.6. The van der Waals surface area contributed by atoms with E-state index in [1.165, 1.54) is 0 Å². The van der Waals surface area contributed by atoms with E-state index < -0.39 is 0 Å². The molecule has 0 aromatic rings. The smallest absolute Gasteiger partial charge is 0.309 e. The minimum Gasteiger partial charge on any atom is -0.466 e. The van der Waals surface area contributed by atoms with Gasteiger partial charge >= 0.3 is 5.97 Å². The Morgan fingerprint density at radius 1 is 1.57 bits per heavy atom. The van der Waals surface area contributed by atoms with Gasteiger partial charge in [0, 0.05) is 12.3 Å². The third kappa shape index (κ3) is 1.68. The minimum absolute atomic E-state index is 0.0445. The van der Waals surface area contributed by atoms with Crippen LogP contribution < -0.4 is 0 Å². The van der Waals surface area contributed by atoms with Crippen LogP contribution in [0.25, 0.3) is 0 Å². The van der Waals surface area contributed by atoms with Gasteiger partial charge in [-0.3, -0.25) is 9.59 Å². The van der Waals surface area contributed by atoms with Gasteiger partial charge in [-0.15, -0.1) is 0 Å². The van der Waals surface area contributed by atoms with E-state index in [4.69, 9.17) is 4.74 Å². The van der Waals surface area contributed by atoms with Gasteiger partial charge in [0.15, 0.2) is 0 Å². The number of carbonyl (C=O) groups excluding carboxylic acids is 2. The summed E-state index contributed by atoms with van der Waals surface area (Å²) in [6.07, 6.45) is 0.340. The maximum atomic E-state index is 11.6. The van der Waals surface area contributed by atoms with Gasteiger partial charge in [0.2, 0.25) is 0 Å². The van der Waals surface area contributed by atoms with Crippen LogP contribution >= 0.6 is 0 Å². The molecule has 0 N–H and O–H groups in total. The van der Waals surface area contributed by atoms with Gasteiger partial charge < -0.3 is 4.74 Å². The number of hydrogen-bond donors (Lipinski definition) is 0. The topological polar surface area (TPSA) is 43.4 Å². The van der Waals surface area contributed by atoms with E-state index in [-0.39, 0.29) is 29.0 Å². The Morgan fingerprint density at radius 3 is 2.50 bits per heavy atom. The Balaban J connectivity index is 2.81. The molecule has 2 atom stereocenters. The molecule has 1 aliphatic rings. The van der Waals surface area contributed by atoms with Gasteiger partial charge in [0.1, 0.15) is 5.78 Å². The Labute approximate surface area is 84.8 Å². The second-order valence-corrected chi connectivity index (χ2v) is 4.52. The van der Waals surface area contributed by atoms with Crippen LogP contribution in [0, 0.1) is 17.3 Å². The van der Waals surface area contributed by atoms with Crippen molar-refractivity contribution in [1.82, 2.24) is 0 Å². The van der Waals surface area contributed by atoms with Crippen molar-refractivity contribution >= 4 is 11.8 Å². The van der Waals surface area contributed by atoms with E-state index in [9.17, 15) is 9.59 Å². The molecule has 0 spiro atoms. The molecule has 0 bridgehead atoms. The van der Waals surface area contributed by atoms with E-state index in [0.717, 1.165) is 0 Å². The van der Waals surface area contributed by atoms with Crippen molar-refractivity contribution in [3.05, 3.63) is 0 Å². The molecule has 1 rings (SSSR count). The molecular formula is C11H18O3. The SMILES string of the molecule is CCOC(=O)[C@@H]1CC(=O)[C@@H](C)C1(C)C. The van der Waals surface area contributed by atoms with Crippen molar-refractivity contribution in [1.29, 1.82) is 0 Å². The predicted octanol–water partition coefficient (Wildman–Crippen LogP) is 1.80. The fourth-order valence-corrected chi connectivity index (χ4v) is 1.99. The summed E-state index contributed by atoms with van der Waals surface area (Å²) in [5, 5.41) is 0. The fourth-order valence-electron chi connectivity index (χ4n) is 1.99. The van der Waals surface area contributed by atoms with Crippen molar-refractivity contribution in [3.63, 3.8) is 0 Å². The molecule has 0 unspecified atom stereocenters. The highest BCUT2D eigenvalue weighted by atomic mass is 16.5. The molecule has 3 heteroatoms. The lowest BCUT2D eigenvalue weighted by molar-refractivity contribution is -0.151. The van der Waals surface area contributed by atoms with Gasteiger partial charge in [-0.1, -0.05) is 20.8 Å².